The molecule has 2 saturated heterocycles. The van der Waals surface area contributed by atoms with E-state index >= 15 is 0 Å². The van der Waals surface area contributed by atoms with Crippen LogP contribution in [0.2, 0.25) is 0 Å². The molecule has 1 amide bonds. The minimum atomic E-state index is 0.0173. The molecule has 0 radical (unpaired) electrons. The minimum absolute atomic E-state index is 0.0173. The molecule has 2 rings (SSSR count). The first kappa shape index (κ1) is 12.5. The SMILES string of the molecule is O=C(NOC1CCOCC1)C1CSCCS1. The van der Waals surface area contributed by atoms with Gasteiger partial charge in [-0.05, 0) is 12.8 Å². The Morgan fingerprint density at radius 3 is 2.81 bits per heavy atom. The van der Waals surface area contributed by atoms with Crippen LogP contribution in [0.3, 0.4) is 0 Å². The van der Waals surface area contributed by atoms with Gasteiger partial charge in [0.15, 0.2) is 0 Å². The molecule has 6 heteroatoms. The van der Waals surface area contributed by atoms with Crippen LogP contribution in [0.15, 0.2) is 0 Å². The molecule has 1 atom stereocenters. The van der Waals surface area contributed by atoms with E-state index < -0.39 is 0 Å². The molecule has 0 aliphatic carbocycles. The molecular formula is C10H17NO3S2. The molecule has 0 aromatic heterocycles. The van der Waals surface area contributed by atoms with Gasteiger partial charge in [-0.3, -0.25) is 9.63 Å². The van der Waals surface area contributed by atoms with Crippen molar-refractivity contribution in [3.05, 3.63) is 0 Å². The Labute approximate surface area is 104 Å². The molecule has 1 unspecified atom stereocenters. The van der Waals surface area contributed by atoms with Crippen molar-refractivity contribution in [1.82, 2.24) is 5.48 Å². The second-order valence-electron chi connectivity index (χ2n) is 3.83. The van der Waals surface area contributed by atoms with Crippen LogP contribution in [0.25, 0.3) is 0 Å². The summed E-state index contributed by atoms with van der Waals surface area (Å²) in [5.41, 5.74) is 2.59. The summed E-state index contributed by atoms with van der Waals surface area (Å²) in [5.74, 6) is 3.12. The molecule has 2 aliphatic heterocycles. The summed E-state index contributed by atoms with van der Waals surface area (Å²) in [6.07, 6.45) is 1.86. The van der Waals surface area contributed by atoms with Gasteiger partial charge in [-0.2, -0.15) is 11.8 Å². The summed E-state index contributed by atoms with van der Waals surface area (Å²) in [6.45, 7) is 1.46. The van der Waals surface area contributed by atoms with Crippen LogP contribution in [-0.2, 0) is 14.4 Å². The van der Waals surface area contributed by atoms with Gasteiger partial charge in [0.25, 0.3) is 5.91 Å². The fraction of sp³-hybridized carbons (Fsp3) is 0.900. The van der Waals surface area contributed by atoms with Gasteiger partial charge < -0.3 is 4.74 Å². The van der Waals surface area contributed by atoms with E-state index in [2.05, 4.69) is 5.48 Å². The van der Waals surface area contributed by atoms with Gasteiger partial charge in [-0.1, -0.05) is 0 Å². The average molecular weight is 263 g/mol. The zero-order valence-electron chi connectivity index (χ0n) is 9.15. The van der Waals surface area contributed by atoms with Crippen molar-refractivity contribution in [3.63, 3.8) is 0 Å². The standard InChI is InChI=1S/C10H17NO3S2/c12-10(9-7-15-5-6-16-9)11-14-8-1-3-13-4-2-8/h8-9H,1-7H2,(H,11,12). The van der Waals surface area contributed by atoms with Gasteiger partial charge in [-0.15, -0.1) is 11.8 Å². The van der Waals surface area contributed by atoms with Crippen LogP contribution < -0.4 is 5.48 Å². The second kappa shape index (κ2) is 6.74. The van der Waals surface area contributed by atoms with Crippen LogP contribution in [0.1, 0.15) is 12.8 Å². The van der Waals surface area contributed by atoms with Gasteiger partial charge in [0.1, 0.15) is 0 Å². The van der Waals surface area contributed by atoms with E-state index in [0.717, 1.165) is 43.3 Å². The van der Waals surface area contributed by atoms with Crippen molar-refractivity contribution in [2.24, 2.45) is 0 Å². The lowest BCUT2D eigenvalue weighted by Crippen LogP contribution is -2.39. The maximum atomic E-state index is 11.7. The van der Waals surface area contributed by atoms with Crippen molar-refractivity contribution in [2.75, 3.05) is 30.5 Å². The predicted octanol–water partition coefficient (Wildman–Crippen LogP) is 1.06. The Morgan fingerprint density at radius 1 is 1.31 bits per heavy atom. The first-order chi connectivity index (χ1) is 7.86. The highest BCUT2D eigenvalue weighted by atomic mass is 32.2. The van der Waals surface area contributed by atoms with Gasteiger partial charge in [0.05, 0.1) is 11.4 Å². The Bertz CT molecular complexity index is 228. The summed E-state index contributed by atoms with van der Waals surface area (Å²) < 4.78 is 5.22. The van der Waals surface area contributed by atoms with Crippen LogP contribution in [0.4, 0.5) is 0 Å². The van der Waals surface area contributed by atoms with E-state index in [4.69, 9.17) is 9.57 Å². The number of hydrogen-bond acceptors (Lipinski definition) is 5. The van der Waals surface area contributed by atoms with Gasteiger partial charge >= 0.3 is 0 Å². The first-order valence-electron chi connectivity index (χ1n) is 5.59. The highest BCUT2D eigenvalue weighted by Crippen LogP contribution is 2.24. The van der Waals surface area contributed by atoms with Crippen molar-refractivity contribution >= 4 is 29.4 Å². The lowest BCUT2D eigenvalue weighted by atomic mass is 10.2. The van der Waals surface area contributed by atoms with Crippen LogP contribution >= 0.6 is 23.5 Å². The summed E-state index contributed by atoms with van der Waals surface area (Å²) >= 11 is 3.56. The molecule has 0 saturated carbocycles. The number of hydroxylamine groups is 1. The Kier molecular flexibility index (Phi) is 5.28. The first-order valence-corrected chi connectivity index (χ1v) is 7.79. The fourth-order valence-electron chi connectivity index (χ4n) is 1.64. The van der Waals surface area contributed by atoms with E-state index in [-0.39, 0.29) is 17.3 Å². The third-order valence-electron chi connectivity index (χ3n) is 2.60. The van der Waals surface area contributed by atoms with Crippen molar-refractivity contribution < 1.29 is 14.4 Å². The van der Waals surface area contributed by atoms with E-state index in [9.17, 15) is 4.79 Å². The summed E-state index contributed by atoms with van der Waals surface area (Å²) in [5, 5.41) is 0.0543. The number of nitrogens with one attached hydrogen (secondary N) is 1. The molecule has 2 heterocycles. The summed E-state index contributed by atoms with van der Waals surface area (Å²) in [4.78, 5) is 17.1. The fourth-order valence-corrected chi connectivity index (χ4v) is 4.19. The number of rotatable bonds is 3. The van der Waals surface area contributed by atoms with Crippen molar-refractivity contribution in [2.45, 2.75) is 24.2 Å². The molecule has 2 aliphatic rings. The quantitative estimate of drug-likeness (QED) is 0.772. The van der Waals surface area contributed by atoms with Gasteiger partial charge in [0.2, 0.25) is 0 Å². The monoisotopic (exact) mass is 263 g/mol. The molecule has 2 fully saturated rings. The molecule has 0 aromatic carbocycles. The molecule has 4 nitrogen and oxygen atoms in total. The molecular weight excluding hydrogens is 246 g/mol. The van der Waals surface area contributed by atoms with Gasteiger partial charge in [-0.25, -0.2) is 5.48 Å². The van der Waals surface area contributed by atoms with Gasteiger partial charge in [0, 0.05) is 30.5 Å². The Hall–Kier alpha value is 0.0900. The lowest BCUT2D eigenvalue weighted by molar-refractivity contribution is -0.142. The number of carbonyl (C=O) groups is 1. The zero-order valence-corrected chi connectivity index (χ0v) is 10.8. The van der Waals surface area contributed by atoms with Crippen molar-refractivity contribution in [3.8, 4) is 0 Å². The van der Waals surface area contributed by atoms with Crippen LogP contribution in [0.5, 0.6) is 0 Å². The third-order valence-corrected chi connectivity index (χ3v) is 5.36. The minimum Gasteiger partial charge on any atom is -0.381 e. The van der Waals surface area contributed by atoms with E-state index in [1.54, 1.807) is 11.8 Å². The molecule has 16 heavy (non-hydrogen) atoms. The molecule has 0 aromatic rings. The summed E-state index contributed by atoms with van der Waals surface area (Å²) in [7, 11) is 0. The molecule has 0 spiro atoms. The number of hydrogen-bond donors (Lipinski definition) is 1. The highest BCUT2D eigenvalue weighted by Gasteiger charge is 2.23. The zero-order chi connectivity index (χ0) is 11.2. The van der Waals surface area contributed by atoms with E-state index in [0.29, 0.717) is 0 Å². The maximum absolute atomic E-state index is 11.7. The smallest absolute Gasteiger partial charge is 0.257 e. The number of carbonyl (C=O) groups excluding carboxylic acids is 1. The van der Waals surface area contributed by atoms with Crippen LogP contribution in [0, 0.1) is 0 Å². The largest absolute Gasteiger partial charge is 0.381 e. The molecule has 1 N–H and O–H groups in total. The average Bonchev–Trinajstić information content (AvgIpc) is 2.38. The third kappa shape index (κ3) is 3.84. The lowest BCUT2D eigenvalue weighted by Gasteiger charge is -2.24. The second-order valence-corrected chi connectivity index (χ2v) is 6.29. The number of amides is 1. The topological polar surface area (TPSA) is 47.6 Å². The van der Waals surface area contributed by atoms with Crippen molar-refractivity contribution in [1.29, 1.82) is 0 Å². The molecule has 92 valence electrons. The van der Waals surface area contributed by atoms with E-state index in [1.807, 2.05) is 11.8 Å². The maximum Gasteiger partial charge on any atom is 0.257 e. The summed E-state index contributed by atoms with van der Waals surface area (Å²) in [6, 6.07) is 0. The number of thioether (sulfide) groups is 2. The Morgan fingerprint density at radius 2 is 2.12 bits per heavy atom. The normalized spacial score (nSPS) is 27.6. The Balaban J connectivity index is 1.65. The van der Waals surface area contributed by atoms with E-state index in [1.165, 1.54) is 0 Å². The van der Waals surface area contributed by atoms with Crippen LogP contribution in [-0.4, -0.2) is 47.7 Å². The molecule has 0 bridgehead atoms. The predicted molar refractivity (Wildman–Crippen MR) is 66.6 cm³/mol. The number of ether oxygens (including phenoxy) is 1. The highest BCUT2D eigenvalue weighted by molar-refractivity contribution is 8.07.